The van der Waals surface area contributed by atoms with E-state index in [2.05, 4.69) is 4.98 Å². The van der Waals surface area contributed by atoms with Gasteiger partial charge in [0.05, 0.1) is 12.3 Å². The molecule has 0 atom stereocenters. The number of rotatable bonds is 4. The molecule has 0 aliphatic heterocycles. The normalized spacial score (nSPS) is 10.6. The van der Waals surface area contributed by atoms with E-state index in [0.29, 0.717) is 18.1 Å². The summed E-state index contributed by atoms with van der Waals surface area (Å²) in [5, 5.41) is 18.1. The van der Waals surface area contributed by atoms with Gasteiger partial charge in [-0.1, -0.05) is 30.3 Å². The molecular formula is C12H14N2O2. The van der Waals surface area contributed by atoms with Crippen molar-refractivity contribution in [1.82, 2.24) is 9.55 Å². The molecule has 84 valence electrons. The fraction of sp³-hybridized carbons (Fsp3) is 0.250. The second kappa shape index (κ2) is 4.92. The van der Waals surface area contributed by atoms with Crippen molar-refractivity contribution in [2.45, 2.75) is 19.8 Å². The third-order valence-electron chi connectivity index (χ3n) is 2.41. The zero-order valence-corrected chi connectivity index (χ0v) is 8.87. The van der Waals surface area contributed by atoms with Crippen LogP contribution >= 0.6 is 0 Å². The summed E-state index contributed by atoms with van der Waals surface area (Å²) in [6.07, 6.45) is 1.76. The van der Waals surface area contributed by atoms with E-state index in [1.165, 1.54) is 0 Å². The van der Waals surface area contributed by atoms with Gasteiger partial charge in [0.15, 0.2) is 0 Å². The topological polar surface area (TPSA) is 58.3 Å². The van der Waals surface area contributed by atoms with Crippen molar-refractivity contribution in [2.75, 3.05) is 0 Å². The second-order valence-corrected chi connectivity index (χ2v) is 3.58. The van der Waals surface area contributed by atoms with E-state index in [-0.39, 0.29) is 13.2 Å². The number of aliphatic hydroxyl groups excluding tert-OH is 2. The molecule has 0 amide bonds. The Balaban J connectivity index is 2.23. The Labute approximate surface area is 93.8 Å². The van der Waals surface area contributed by atoms with Crippen LogP contribution < -0.4 is 0 Å². The van der Waals surface area contributed by atoms with Gasteiger partial charge in [-0.25, -0.2) is 4.98 Å². The van der Waals surface area contributed by atoms with E-state index in [1.54, 1.807) is 6.20 Å². The van der Waals surface area contributed by atoms with Crippen LogP contribution in [0.4, 0.5) is 0 Å². The molecule has 0 saturated carbocycles. The van der Waals surface area contributed by atoms with Crippen LogP contribution in [0.15, 0.2) is 36.5 Å². The van der Waals surface area contributed by atoms with Crippen molar-refractivity contribution in [3.8, 4) is 0 Å². The minimum atomic E-state index is -0.118. The van der Waals surface area contributed by atoms with E-state index in [9.17, 15) is 0 Å². The zero-order chi connectivity index (χ0) is 11.4. The van der Waals surface area contributed by atoms with Crippen molar-refractivity contribution in [2.24, 2.45) is 0 Å². The highest BCUT2D eigenvalue weighted by Crippen LogP contribution is 2.08. The first kappa shape index (κ1) is 10.9. The lowest BCUT2D eigenvalue weighted by molar-refractivity contribution is 0.263. The van der Waals surface area contributed by atoms with Crippen molar-refractivity contribution in [3.05, 3.63) is 53.6 Å². The number of aromatic nitrogens is 2. The first-order chi connectivity index (χ1) is 7.83. The van der Waals surface area contributed by atoms with Crippen LogP contribution in [0, 0.1) is 0 Å². The summed E-state index contributed by atoms with van der Waals surface area (Å²) in [5.74, 6) is 0.577. The van der Waals surface area contributed by atoms with Crippen LogP contribution in [0.1, 0.15) is 17.1 Å². The molecule has 2 aromatic rings. The maximum atomic E-state index is 9.14. The smallest absolute Gasteiger partial charge is 0.135 e. The van der Waals surface area contributed by atoms with Crippen molar-refractivity contribution in [1.29, 1.82) is 0 Å². The van der Waals surface area contributed by atoms with E-state index in [4.69, 9.17) is 10.2 Å². The summed E-state index contributed by atoms with van der Waals surface area (Å²) in [6.45, 7) is 0.436. The molecule has 0 bridgehead atoms. The van der Waals surface area contributed by atoms with Gasteiger partial charge in [-0.3, -0.25) is 0 Å². The van der Waals surface area contributed by atoms with Gasteiger partial charge < -0.3 is 14.8 Å². The second-order valence-electron chi connectivity index (χ2n) is 3.58. The van der Waals surface area contributed by atoms with Gasteiger partial charge in [-0.15, -0.1) is 0 Å². The van der Waals surface area contributed by atoms with E-state index in [1.807, 2.05) is 34.9 Å². The van der Waals surface area contributed by atoms with Gasteiger partial charge in [-0.2, -0.15) is 0 Å². The lowest BCUT2D eigenvalue weighted by Crippen LogP contribution is -2.03. The molecule has 0 spiro atoms. The SMILES string of the molecule is OCc1cn(Cc2ccccc2)c(CO)n1. The van der Waals surface area contributed by atoms with Gasteiger partial charge >= 0.3 is 0 Å². The number of aliphatic hydroxyl groups is 2. The predicted molar refractivity (Wildman–Crippen MR) is 59.6 cm³/mol. The van der Waals surface area contributed by atoms with E-state index < -0.39 is 0 Å². The van der Waals surface area contributed by atoms with Gasteiger partial charge in [0.2, 0.25) is 0 Å². The van der Waals surface area contributed by atoms with Crippen LogP contribution in [0.2, 0.25) is 0 Å². The van der Waals surface area contributed by atoms with Crippen LogP contribution in [0.5, 0.6) is 0 Å². The van der Waals surface area contributed by atoms with E-state index in [0.717, 1.165) is 5.56 Å². The molecular weight excluding hydrogens is 204 g/mol. The lowest BCUT2D eigenvalue weighted by atomic mass is 10.2. The van der Waals surface area contributed by atoms with Crippen LogP contribution in [-0.4, -0.2) is 19.8 Å². The fourth-order valence-electron chi connectivity index (χ4n) is 1.63. The Kier molecular flexibility index (Phi) is 3.34. The molecule has 0 radical (unpaired) electrons. The highest BCUT2D eigenvalue weighted by Gasteiger charge is 2.06. The Bertz CT molecular complexity index is 451. The first-order valence-electron chi connectivity index (χ1n) is 5.14. The molecule has 2 N–H and O–H groups in total. The molecule has 1 aromatic heterocycles. The van der Waals surface area contributed by atoms with Gasteiger partial charge in [0, 0.05) is 12.7 Å². The van der Waals surface area contributed by atoms with Gasteiger partial charge in [0.25, 0.3) is 0 Å². The highest BCUT2D eigenvalue weighted by molar-refractivity contribution is 5.16. The zero-order valence-electron chi connectivity index (χ0n) is 8.87. The average Bonchev–Trinajstić information content (AvgIpc) is 2.73. The summed E-state index contributed by atoms with van der Waals surface area (Å²) < 4.78 is 1.85. The Morgan fingerprint density at radius 1 is 1.06 bits per heavy atom. The Morgan fingerprint density at radius 2 is 1.81 bits per heavy atom. The summed E-state index contributed by atoms with van der Waals surface area (Å²) in [7, 11) is 0. The molecule has 4 nitrogen and oxygen atoms in total. The third-order valence-corrected chi connectivity index (χ3v) is 2.41. The summed E-state index contributed by atoms with van der Waals surface area (Å²) in [5.41, 5.74) is 1.72. The number of nitrogens with zero attached hydrogens (tertiary/aromatic N) is 2. The monoisotopic (exact) mass is 218 g/mol. The lowest BCUT2D eigenvalue weighted by Gasteiger charge is -2.05. The maximum absolute atomic E-state index is 9.14. The van der Waals surface area contributed by atoms with Gasteiger partial charge in [0.1, 0.15) is 12.4 Å². The quantitative estimate of drug-likeness (QED) is 0.802. The summed E-state index contributed by atoms with van der Waals surface area (Å²) in [6, 6.07) is 9.93. The highest BCUT2D eigenvalue weighted by atomic mass is 16.3. The van der Waals surface area contributed by atoms with Crippen LogP contribution in [-0.2, 0) is 19.8 Å². The molecule has 16 heavy (non-hydrogen) atoms. The number of benzene rings is 1. The molecule has 1 heterocycles. The van der Waals surface area contributed by atoms with Crippen LogP contribution in [0.25, 0.3) is 0 Å². The standard InChI is InChI=1S/C12H14N2O2/c15-8-11-7-14(12(9-16)13-11)6-10-4-2-1-3-5-10/h1-5,7,15-16H,6,8-9H2. The molecule has 0 aliphatic carbocycles. The molecule has 1 aromatic carbocycles. The Morgan fingerprint density at radius 3 is 2.44 bits per heavy atom. The molecule has 2 rings (SSSR count). The minimum Gasteiger partial charge on any atom is -0.390 e. The maximum Gasteiger partial charge on any atom is 0.135 e. The fourth-order valence-corrected chi connectivity index (χ4v) is 1.63. The first-order valence-corrected chi connectivity index (χ1v) is 5.14. The van der Waals surface area contributed by atoms with E-state index >= 15 is 0 Å². The molecule has 0 aliphatic rings. The van der Waals surface area contributed by atoms with Crippen molar-refractivity contribution < 1.29 is 10.2 Å². The average molecular weight is 218 g/mol. The predicted octanol–water partition coefficient (Wildman–Crippen LogP) is 0.916. The summed E-state index contributed by atoms with van der Waals surface area (Å²) >= 11 is 0. The number of hydrogen-bond donors (Lipinski definition) is 2. The Hall–Kier alpha value is -1.65. The number of hydrogen-bond acceptors (Lipinski definition) is 3. The molecule has 4 heteroatoms. The summed E-state index contributed by atoms with van der Waals surface area (Å²) in [4.78, 5) is 4.11. The van der Waals surface area contributed by atoms with Crippen molar-refractivity contribution in [3.63, 3.8) is 0 Å². The molecule has 0 fully saturated rings. The van der Waals surface area contributed by atoms with Crippen molar-refractivity contribution >= 4 is 0 Å². The molecule has 0 saturated heterocycles. The largest absolute Gasteiger partial charge is 0.390 e. The van der Waals surface area contributed by atoms with Gasteiger partial charge in [-0.05, 0) is 5.56 Å². The molecule has 0 unspecified atom stereocenters. The minimum absolute atomic E-state index is 0.102. The number of imidazole rings is 1. The van der Waals surface area contributed by atoms with Crippen LogP contribution in [0.3, 0.4) is 0 Å². The third kappa shape index (κ3) is 2.29.